The number of hydrogen-bond acceptors (Lipinski definition) is 3. The fourth-order valence-corrected chi connectivity index (χ4v) is 2.83. The minimum Gasteiger partial charge on any atom is -0.480 e. The van der Waals surface area contributed by atoms with Gasteiger partial charge >= 0.3 is 5.97 Å². The summed E-state index contributed by atoms with van der Waals surface area (Å²) in [6.07, 6.45) is 2.17. The monoisotopic (exact) mass is 273 g/mol. The lowest BCUT2D eigenvalue weighted by atomic mass is 10.2. The largest absolute Gasteiger partial charge is 0.480 e. The summed E-state index contributed by atoms with van der Waals surface area (Å²) in [7, 11) is 1.99. The van der Waals surface area contributed by atoms with E-state index in [4.69, 9.17) is 5.11 Å². The van der Waals surface area contributed by atoms with Crippen LogP contribution in [0.15, 0.2) is 24.3 Å². The number of hydrogen-bond donors (Lipinski definition) is 1. The molecule has 1 saturated carbocycles. The second-order valence-electron chi connectivity index (χ2n) is 5.49. The van der Waals surface area contributed by atoms with Gasteiger partial charge in [-0.3, -0.25) is 9.69 Å². The molecule has 0 saturated heterocycles. The molecular weight excluding hydrogens is 254 g/mol. The number of carboxylic acid groups (broad SMARTS) is 1. The first-order valence-corrected chi connectivity index (χ1v) is 6.97. The van der Waals surface area contributed by atoms with Gasteiger partial charge in [0.2, 0.25) is 0 Å². The molecule has 0 bridgehead atoms. The van der Waals surface area contributed by atoms with Crippen molar-refractivity contribution in [3.63, 3.8) is 0 Å². The number of fused-ring (bicyclic) bond motifs is 1. The second kappa shape index (κ2) is 4.90. The van der Waals surface area contributed by atoms with E-state index in [9.17, 15) is 4.79 Å². The highest BCUT2D eigenvalue weighted by atomic mass is 16.4. The average Bonchev–Trinajstić information content (AvgIpc) is 3.20. The SMILES string of the molecule is CC(c1nc2ccccc2n1C)N(CC(=O)O)C1CC1. The van der Waals surface area contributed by atoms with Gasteiger partial charge in [0.05, 0.1) is 23.6 Å². The zero-order valence-electron chi connectivity index (χ0n) is 11.8. The maximum atomic E-state index is 11.1. The van der Waals surface area contributed by atoms with Crippen molar-refractivity contribution in [3.8, 4) is 0 Å². The van der Waals surface area contributed by atoms with Gasteiger partial charge in [-0.25, -0.2) is 4.98 Å². The summed E-state index contributed by atoms with van der Waals surface area (Å²) >= 11 is 0. The maximum absolute atomic E-state index is 11.1. The van der Waals surface area contributed by atoms with Gasteiger partial charge < -0.3 is 9.67 Å². The Morgan fingerprint density at radius 3 is 2.80 bits per heavy atom. The molecule has 1 aromatic carbocycles. The van der Waals surface area contributed by atoms with Crippen LogP contribution in [0.1, 0.15) is 31.6 Å². The molecule has 0 amide bonds. The Kier molecular flexibility index (Phi) is 3.22. The Morgan fingerprint density at radius 1 is 1.50 bits per heavy atom. The van der Waals surface area contributed by atoms with Crippen LogP contribution in [0.2, 0.25) is 0 Å². The highest BCUT2D eigenvalue weighted by Crippen LogP contribution is 2.34. The Morgan fingerprint density at radius 2 is 2.20 bits per heavy atom. The topological polar surface area (TPSA) is 58.4 Å². The number of aromatic nitrogens is 2. The van der Waals surface area contributed by atoms with Crippen LogP contribution in [0, 0.1) is 0 Å². The minimum absolute atomic E-state index is 0.0102. The van der Waals surface area contributed by atoms with Crippen LogP contribution in [0.5, 0.6) is 0 Å². The lowest BCUT2D eigenvalue weighted by molar-refractivity contribution is -0.139. The predicted molar refractivity (Wildman–Crippen MR) is 76.5 cm³/mol. The van der Waals surface area contributed by atoms with Crippen LogP contribution in [-0.4, -0.2) is 38.1 Å². The number of aliphatic carboxylic acids is 1. The van der Waals surface area contributed by atoms with E-state index in [-0.39, 0.29) is 12.6 Å². The maximum Gasteiger partial charge on any atom is 0.317 e. The Bertz CT molecular complexity index is 646. The first kappa shape index (κ1) is 13.1. The van der Waals surface area contributed by atoms with Gasteiger partial charge in [0.15, 0.2) is 0 Å². The van der Waals surface area contributed by atoms with Crippen LogP contribution >= 0.6 is 0 Å². The van der Waals surface area contributed by atoms with Crippen molar-refractivity contribution in [2.24, 2.45) is 7.05 Å². The molecule has 0 radical (unpaired) electrons. The van der Waals surface area contributed by atoms with Crippen LogP contribution in [0.3, 0.4) is 0 Å². The first-order chi connectivity index (χ1) is 9.58. The van der Waals surface area contributed by atoms with Crippen molar-refractivity contribution in [3.05, 3.63) is 30.1 Å². The van der Waals surface area contributed by atoms with Gasteiger partial charge in [0.25, 0.3) is 0 Å². The van der Waals surface area contributed by atoms with E-state index in [1.54, 1.807) is 0 Å². The molecule has 1 atom stereocenters. The molecule has 3 rings (SSSR count). The zero-order valence-corrected chi connectivity index (χ0v) is 11.8. The Balaban J connectivity index is 1.96. The number of aryl methyl sites for hydroxylation is 1. The Labute approximate surface area is 117 Å². The normalized spacial score (nSPS) is 16.8. The van der Waals surface area contributed by atoms with E-state index in [1.807, 2.05) is 43.1 Å². The lowest BCUT2D eigenvalue weighted by Crippen LogP contribution is -2.35. The molecule has 1 aliphatic carbocycles. The van der Waals surface area contributed by atoms with Crippen LogP contribution in [0.25, 0.3) is 11.0 Å². The third kappa shape index (κ3) is 2.29. The third-order valence-corrected chi connectivity index (χ3v) is 4.03. The fraction of sp³-hybridized carbons (Fsp3) is 0.467. The van der Waals surface area contributed by atoms with Gasteiger partial charge in [0, 0.05) is 13.1 Å². The van der Waals surface area contributed by atoms with Gasteiger partial charge in [-0.15, -0.1) is 0 Å². The molecule has 1 heterocycles. The Hall–Kier alpha value is -1.88. The molecule has 5 nitrogen and oxygen atoms in total. The second-order valence-corrected chi connectivity index (χ2v) is 5.49. The molecule has 1 aromatic heterocycles. The number of imidazole rings is 1. The fourth-order valence-electron chi connectivity index (χ4n) is 2.83. The summed E-state index contributed by atoms with van der Waals surface area (Å²) in [5.41, 5.74) is 2.04. The van der Waals surface area contributed by atoms with Crippen LogP contribution in [-0.2, 0) is 11.8 Å². The van der Waals surface area contributed by atoms with E-state index >= 15 is 0 Å². The smallest absolute Gasteiger partial charge is 0.317 e. The standard InChI is InChI=1S/C15H19N3O2/c1-10(18(9-14(19)20)11-7-8-11)15-16-12-5-3-4-6-13(12)17(15)2/h3-6,10-11H,7-9H2,1-2H3,(H,19,20). The highest BCUT2D eigenvalue weighted by Gasteiger charge is 2.35. The molecule has 0 spiro atoms. The molecule has 20 heavy (non-hydrogen) atoms. The highest BCUT2D eigenvalue weighted by molar-refractivity contribution is 5.76. The number of para-hydroxylation sites is 2. The molecule has 1 unspecified atom stereocenters. The molecule has 106 valence electrons. The van der Waals surface area contributed by atoms with Crippen molar-refractivity contribution >= 4 is 17.0 Å². The van der Waals surface area contributed by atoms with Gasteiger partial charge in [-0.2, -0.15) is 0 Å². The van der Waals surface area contributed by atoms with Gasteiger partial charge in [-0.05, 0) is 31.9 Å². The molecule has 1 fully saturated rings. The predicted octanol–water partition coefficient (Wildman–Crippen LogP) is 2.18. The van der Waals surface area contributed by atoms with Crippen molar-refractivity contribution in [2.45, 2.75) is 31.8 Å². The number of carbonyl (C=O) groups is 1. The zero-order chi connectivity index (χ0) is 14.3. The first-order valence-electron chi connectivity index (χ1n) is 6.97. The van der Waals surface area contributed by atoms with Gasteiger partial charge in [0.1, 0.15) is 5.82 Å². The molecular formula is C15H19N3O2. The average molecular weight is 273 g/mol. The number of nitrogens with zero attached hydrogens (tertiary/aromatic N) is 3. The van der Waals surface area contributed by atoms with Gasteiger partial charge in [-0.1, -0.05) is 12.1 Å². The molecule has 1 aliphatic rings. The van der Waals surface area contributed by atoms with E-state index in [1.165, 1.54) is 0 Å². The van der Waals surface area contributed by atoms with E-state index in [2.05, 4.69) is 9.55 Å². The van der Waals surface area contributed by atoms with Crippen molar-refractivity contribution in [1.29, 1.82) is 0 Å². The third-order valence-electron chi connectivity index (χ3n) is 4.03. The number of rotatable bonds is 5. The molecule has 0 aliphatic heterocycles. The summed E-state index contributed by atoms with van der Waals surface area (Å²) in [6.45, 7) is 2.12. The summed E-state index contributed by atoms with van der Waals surface area (Å²) in [5.74, 6) is 0.155. The minimum atomic E-state index is -0.775. The summed E-state index contributed by atoms with van der Waals surface area (Å²) in [6, 6.07) is 8.40. The van der Waals surface area contributed by atoms with E-state index in [0.29, 0.717) is 6.04 Å². The lowest BCUT2D eigenvalue weighted by Gasteiger charge is -2.26. The quantitative estimate of drug-likeness (QED) is 0.907. The molecule has 5 heteroatoms. The van der Waals surface area contributed by atoms with E-state index in [0.717, 1.165) is 29.7 Å². The van der Waals surface area contributed by atoms with Crippen LogP contribution < -0.4 is 0 Å². The number of carboxylic acids is 1. The van der Waals surface area contributed by atoms with Crippen molar-refractivity contribution in [1.82, 2.24) is 14.5 Å². The number of benzene rings is 1. The molecule has 1 N–H and O–H groups in total. The summed E-state index contributed by atoms with van der Waals surface area (Å²) in [5, 5.41) is 9.10. The molecule has 2 aromatic rings. The van der Waals surface area contributed by atoms with Crippen LogP contribution in [0.4, 0.5) is 0 Å². The summed E-state index contributed by atoms with van der Waals surface area (Å²) < 4.78 is 2.07. The summed E-state index contributed by atoms with van der Waals surface area (Å²) in [4.78, 5) is 17.8. The van der Waals surface area contributed by atoms with Crippen molar-refractivity contribution < 1.29 is 9.90 Å². The van der Waals surface area contributed by atoms with Crippen molar-refractivity contribution in [2.75, 3.05) is 6.54 Å². The van der Waals surface area contributed by atoms with E-state index < -0.39 is 5.97 Å².